The summed E-state index contributed by atoms with van der Waals surface area (Å²) in [5.41, 5.74) is 0. The maximum atomic E-state index is 12.4. The molecule has 2 heterocycles. The fraction of sp³-hybridized carbons (Fsp3) is 0.941. The predicted octanol–water partition coefficient (Wildman–Crippen LogP) is 2.10. The van der Waals surface area contributed by atoms with Crippen LogP contribution in [0.5, 0.6) is 0 Å². The zero-order valence-electron chi connectivity index (χ0n) is 14.1. The molecule has 0 bridgehead atoms. The molecule has 4 heteroatoms. The Morgan fingerprint density at radius 1 is 1.05 bits per heavy atom. The van der Waals surface area contributed by atoms with Crippen LogP contribution in [0.3, 0.4) is 0 Å². The van der Waals surface area contributed by atoms with E-state index in [1.807, 2.05) is 6.92 Å². The third-order valence-electron chi connectivity index (χ3n) is 4.73. The molecular formula is C17H33N3O. The van der Waals surface area contributed by atoms with Crippen molar-refractivity contribution >= 4 is 5.91 Å². The summed E-state index contributed by atoms with van der Waals surface area (Å²) in [5.74, 6) is 1.05. The van der Waals surface area contributed by atoms with Gasteiger partial charge in [-0.3, -0.25) is 4.79 Å². The van der Waals surface area contributed by atoms with Gasteiger partial charge in [-0.2, -0.15) is 0 Å². The molecule has 2 rings (SSSR count). The quantitative estimate of drug-likeness (QED) is 0.844. The van der Waals surface area contributed by atoms with Gasteiger partial charge < -0.3 is 15.1 Å². The Labute approximate surface area is 130 Å². The Hall–Kier alpha value is -0.610. The molecule has 0 aliphatic carbocycles. The molecular weight excluding hydrogens is 262 g/mol. The second-order valence-electron chi connectivity index (χ2n) is 7.24. The summed E-state index contributed by atoms with van der Waals surface area (Å²) in [4.78, 5) is 17.0. The highest BCUT2D eigenvalue weighted by Crippen LogP contribution is 2.14. The summed E-state index contributed by atoms with van der Waals surface area (Å²) in [6.07, 6.45) is 5.96. The van der Waals surface area contributed by atoms with Gasteiger partial charge in [0.2, 0.25) is 5.91 Å². The Bertz CT molecular complexity index is 318. The first-order valence-electron chi connectivity index (χ1n) is 8.83. The molecule has 2 saturated heterocycles. The largest absolute Gasteiger partial charge is 0.341 e. The molecule has 1 amide bonds. The molecule has 0 aromatic rings. The number of likely N-dealkylation sites (tertiary alicyclic amines) is 2. The maximum absolute atomic E-state index is 12.4. The molecule has 0 spiro atoms. The summed E-state index contributed by atoms with van der Waals surface area (Å²) in [5, 5.41) is 3.57. The molecule has 0 aromatic heterocycles. The first-order valence-corrected chi connectivity index (χ1v) is 8.83. The molecule has 4 nitrogen and oxygen atoms in total. The van der Waals surface area contributed by atoms with E-state index < -0.39 is 0 Å². The van der Waals surface area contributed by atoms with Gasteiger partial charge >= 0.3 is 0 Å². The Morgan fingerprint density at radius 2 is 1.67 bits per heavy atom. The molecule has 2 fully saturated rings. The average Bonchev–Trinajstić information content (AvgIpc) is 2.49. The van der Waals surface area contributed by atoms with Gasteiger partial charge in [0.1, 0.15) is 0 Å². The minimum atomic E-state index is -0.0234. The predicted molar refractivity (Wildman–Crippen MR) is 87.3 cm³/mol. The minimum Gasteiger partial charge on any atom is -0.341 e. The van der Waals surface area contributed by atoms with Crippen molar-refractivity contribution in [1.29, 1.82) is 0 Å². The number of piperidine rings is 2. The van der Waals surface area contributed by atoms with E-state index in [2.05, 4.69) is 29.0 Å². The first-order chi connectivity index (χ1) is 10.1. The minimum absolute atomic E-state index is 0.0234. The number of carbonyl (C=O) groups is 1. The average molecular weight is 295 g/mol. The van der Waals surface area contributed by atoms with Crippen molar-refractivity contribution in [3.05, 3.63) is 0 Å². The summed E-state index contributed by atoms with van der Waals surface area (Å²) >= 11 is 0. The van der Waals surface area contributed by atoms with Gasteiger partial charge in [-0.25, -0.2) is 0 Å². The van der Waals surface area contributed by atoms with E-state index >= 15 is 0 Å². The molecule has 0 radical (unpaired) electrons. The van der Waals surface area contributed by atoms with E-state index in [0.29, 0.717) is 11.9 Å². The molecule has 0 saturated carbocycles. The third-order valence-corrected chi connectivity index (χ3v) is 4.73. The van der Waals surface area contributed by atoms with Gasteiger partial charge in [0.05, 0.1) is 6.04 Å². The third kappa shape index (κ3) is 5.26. The van der Waals surface area contributed by atoms with Crippen molar-refractivity contribution in [2.75, 3.05) is 32.7 Å². The highest BCUT2D eigenvalue weighted by molar-refractivity contribution is 5.81. The van der Waals surface area contributed by atoms with Gasteiger partial charge in [0.15, 0.2) is 0 Å². The summed E-state index contributed by atoms with van der Waals surface area (Å²) < 4.78 is 0. The van der Waals surface area contributed by atoms with Crippen LogP contribution in [0.15, 0.2) is 0 Å². The highest BCUT2D eigenvalue weighted by atomic mass is 16.2. The molecule has 1 unspecified atom stereocenters. The van der Waals surface area contributed by atoms with Crippen LogP contribution in [0.2, 0.25) is 0 Å². The number of nitrogens with one attached hydrogen (secondary N) is 1. The second kappa shape index (κ2) is 8.14. The molecule has 0 aromatic carbocycles. The number of hydrogen-bond donors (Lipinski definition) is 1. The standard InChI is InChI=1S/C17H33N3O/c1-14(2)13-19-11-7-16(8-12-19)18-15(3)17(21)20-9-5-4-6-10-20/h14-16,18H,4-13H2,1-3H3. The Balaban J connectivity index is 1.71. The SMILES string of the molecule is CC(C)CN1CCC(NC(C)C(=O)N2CCCCC2)CC1. The van der Waals surface area contributed by atoms with E-state index in [1.165, 1.54) is 51.7 Å². The van der Waals surface area contributed by atoms with Crippen LogP contribution < -0.4 is 5.32 Å². The molecule has 122 valence electrons. The number of carbonyl (C=O) groups excluding carboxylic acids is 1. The van der Waals surface area contributed by atoms with Gasteiger partial charge in [0, 0.05) is 25.7 Å². The number of nitrogens with zero attached hydrogens (tertiary/aromatic N) is 2. The van der Waals surface area contributed by atoms with Crippen molar-refractivity contribution in [2.24, 2.45) is 5.92 Å². The van der Waals surface area contributed by atoms with Gasteiger partial charge in [-0.1, -0.05) is 13.8 Å². The van der Waals surface area contributed by atoms with E-state index in [-0.39, 0.29) is 6.04 Å². The lowest BCUT2D eigenvalue weighted by molar-refractivity contribution is -0.134. The molecule has 21 heavy (non-hydrogen) atoms. The maximum Gasteiger partial charge on any atom is 0.239 e. The lowest BCUT2D eigenvalue weighted by Gasteiger charge is -2.36. The summed E-state index contributed by atoms with van der Waals surface area (Å²) in [6, 6.07) is 0.488. The first kappa shape index (κ1) is 16.8. The van der Waals surface area contributed by atoms with Crippen molar-refractivity contribution in [3.8, 4) is 0 Å². The van der Waals surface area contributed by atoms with E-state index in [1.54, 1.807) is 0 Å². The van der Waals surface area contributed by atoms with E-state index in [0.717, 1.165) is 19.0 Å². The van der Waals surface area contributed by atoms with Crippen LogP contribution in [0, 0.1) is 5.92 Å². The van der Waals surface area contributed by atoms with E-state index in [4.69, 9.17) is 0 Å². The molecule has 1 atom stereocenters. The van der Waals surface area contributed by atoms with Crippen molar-refractivity contribution < 1.29 is 4.79 Å². The smallest absolute Gasteiger partial charge is 0.239 e. The Kier molecular flexibility index (Phi) is 6.49. The number of hydrogen-bond acceptors (Lipinski definition) is 3. The lowest BCUT2D eigenvalue weighted by Crippen LogP contribution is -2.52. The van der Waals surface area contributed by atoms with Crippen LogP contribution in [-0.2, 0) is 4.79 Å². The zero-order valence-corrected chi connectivity index (χ0v) is 14.1. The van der Waals surface area contributed by atoms with E-state index in [9.17, 15) is 4.79 Å². The van der Waals surface area contributed by atoms with Crippen LogP contribution in [-0.4, -0.2) is 60.5 Å². The van der Waals surface area contributed by atoms with Crippen LogP contribution >= 0.6 is 0 Å². The van der Waals surface area contributed by atoms with Crippen LogP contribution in [0.4, 0.5) is 0 Å². The topological polar surface area (TPSA) is 35.6 Å². The normalized spacial score (nSPS) is 23.5. The van der Waals surface area contributed by atoms with Crippen LogP contribution in [0.25, 0.3) is 0 Å². The molecule has 2 aliphatic heterocycles. The monoisotopic (exact) mass is 295 g/mol. The van der Waals surface area contributed by atoms with Crippen LogP contribution in [0.1, 0.15) is 52.9 Å². The van der Waals surface area contributed by atoms with Crippen molar-refractivity contribution in [3.63, 3.8) is 0 Å². The fourth-order valence-electron chi connectivity index (χ4n) is 3.61. The highest BCUT2D eigenvalue weighted by Gasteiger charge is 2.26. The van der Waals surface area contributed by atoms with Crippen molar-refractivity contribution in [1.82, 2.24) is 15.1 Å². The zero-order chi connectivity index (χ0) is 15.2. The summed E-state index contributed by atoms with van der Waals surface area (Å²) in [6.45, 7) is 12.1. The summed E-state index contributed by atoms with van der Waals surface area (Å²) in [7, 11) is 0. The van der Waals surface area contributed by atoms with Gasteiger partial charge in [-0.05, 0) is 58.0 Å². The number of amides is 1. The fourth-order valence-corrected chi connectivity index (χ4v) is 3.61. The molecule has 2 aliphatic rings. The lowest BCUT2D eigenvalue weighted by atomic mass is 10.0. The van der Waals surface area contributed by atoms with Gasteiger partial charge in [-0.15, -0.1) is 0 Å². The Morgan fingerprint density at radius 3 is 2.24 bits per heavy atom. The van der Waals surface area contributed by atoms with Crippen molar-refractivity contribution in [2.45, 2.75) is 65.0 Å². The molecule has 1 N–H and O–H groups in total. The van der Waals surface area contributed by atoms with Gasteiger partial charge in [0.25, 0.3) is 0 Å². The number of rotatable bonds is 5. The second-order valence-corrected chi connectivity index (χ2v) is 7.24.